The van der Waals surface area contributed by atoms with E-state index in [-0.39, 0.29) is 11.3 Å². The van der Waals surface area contributed by atoms with Gasteiger partial charge in [-0.15, -0.1) is 0 Å². The van der Waals surface area contributed by atoms with Crippen LogP contribution in [0.3, 0.4) is 0 Å². The number of aromatic nitrogens is 1. The summed E-state index contributed by atoms with van der Waals surface area (Å²) in [6.45, 7) is 1.88. The van der Waals surface area contributed by atoms with E-state index in [1.54, 1.807) is 0 Å². The van der Waals surface area contributed by atoms with Gasteiger partial charge in [0.1, 0.15) is 5.76 Å². The standard InChI is InChI=1S/C7H12N2O3S/c1-3-5(8)6-4-9-7(12-6)13(2,10)11/h4-5H,3,8H2,1-2H3/t5-/m0/s1. The second-order valence-corrected chi connectivity index (χ2v) is 4.71. The predicted molar refractivity (Wildman–Crippen MR) is 46.8 cm³/mol. The summed E-state index contributed by atoms with van der Waals surface area (Å²) in [6, 6.07) is -0.289. The van der Waals surface area contributed by atoms with Crippen molar-refractivity contribution in [3.05, 3.63) is 12.0 Å². The molecule has 2 N–H and O–H groups in total. The SMILES string of the molecule is CC[C@H](N)c1cnc(S(C)(=O)=O)o1. The molecular formula is C7H12N2O3S. The van der Waals surface area contributed by atoms with Gasteiger partial charge >= 0.3 is 5.22 Å². The average Bonchev–Trinajstić information content (AvgIpc) is 2.50. The molecule has 74 valence electrons. The van der Waals surface area contributed by atoms with Crippen LogP contribution in [0, 0.1) is 0 Å². The zero-order valence-electron chi connectivity index (χ0n) is 7.52. The van der Waals surface area contributed by atoms with Gasteiger partial charge in [-0.3, -0.25) is 0 Å². The molecule has 0 radical (unpaired) electrons. The molecule has 0 aromatic carbocycles. The number of hydrogen-bond acceptors (Lipinski definition) is 5. The Morgan fingerprint density at radius 2 is 2.31 bits per heavy atom. The van der Waals surface area contributed by atoms with Crippen molar-refractivity contribution in [1.82, 2.24) is 4.98 Å². The summed E-state index contributed by atoms with van der Waals surface area (Å²) in [5.74, 6) is 0.405. The topological polar surface area (TPSA) is 86.2 Å². The minimum atomic E-state index is -3.36. The lowest BCUT2D eigenvalue weighted by Gasteiger charge is -2.01. The first-order chi connectivity index (χ1) is 5.95. The molecule has 0 unspecified atom stereocenters. The Bertz CT molecular complexity index is 382. The third kappa shape index (κ3) is 2.28. The number of nitrogens with two attached hydrogens (primary N) is 1. The molecule has 0 saturated heterocycles. The van der Waals surface area contributed by atoms with Crippen LogP contribution < -0.4 is 5.73 Å². The largest absolute Gasteiger partial charge is 0.431 e. The van der Waals surface area contributed by atoms with Crippen molar-refractivity contribution >= 4 is 9.84 Å². The van der Waals surface area contributed by atoms with Crippen LogP contribution in [0.2, 0.25) is 0 Å². The second kappa shape index (κ2) is 3.47. The average molecular weight is 204 g/mol. The van der Waals surface area contributed by atoms with Crippen molar-refractivity contribution in [3.8, 4) is 0 Å². The lowest BCUT2D eigenvalue weighted by atomic mass is 10.2. The van der Waals surface area contributed by atoms with Gasteiger partial charge in [-0.25, -0.2) is 13.4 Å². The molecule has 6 heteroatoms. The number of nitrogens with zero attached hydrogens (tertiary/aromatic N) is 1. The molecule has 1 heterocycles. The lowest BCUT2D eigenvalue weighted by Crippen LogP contribution is -2.07. The summed E-state index contributed by atoms with van der Waals surface area (Å²) >= 11 is 0. The van der Waals surface area contributed by atoms with Crippen LogP contribution in [-0.2, 0) is 9.84 Å². The van der Waals surface area contributed by atoms with Crippen LogP contribution in [0.4, 0.5) is 0 Å². The van der Waals surface area contributed by atoms with E-state index in [9.17, 15) is 8.42 Å². The second-order valence-electron chi connectivity index (χ2n) is 2.82. The minimum absolute atomic E-state index is 0.272. The molecule has 1 atom stereocenters. The highest BCUT2D eigenvalue weighted by atomic mass is 32.2. The van der Waals surface area contributed by atoms with Crippen LogP contribution in [0.25, 0.3) is 0 Å². The van der Waals surface area contributed by atoms with Gasteiger partial charge < -0.3 is 10.2 Å². The van der Waals surface area contributed by atoms with Crippen molar-refractivity contribution in [2.45, 2.75) is 24.6 Å². The van der Waals surface area contributed by atoms with Gasteiger partial charge in [-0.2, -0.15) is 0 Å². The fraction of sp³-hybridized carbons (Fsp3) is 0.571. The van der Waals surface area contributed by atoms with Crippen LogP contribution in [0.5, 0.6) is 0 Å². The summed E-state index contributed by atoms with van der Waals surface area (Å²) in [4.78, 5) is 3.62. The summed E-state index contributed by atoms with van der Waals surface area (Å²) in [5, 5.41) is -0.272. The van der Waals surface area contributed by atoms with Gasteiger partial charge in [0.15, 0.2) is 0 Å². The maximum Gasteiger partial charge on any atom is 0.314 e. The molecule has 5 nitrogen and oxygen atoms in total. The molecule has 0 saturated carbocycles. The molecule has 1 rings (SSSR count). The molecule has 0 spiro atoms. The number of sulfone groups is 1. The molecule has 0 bridgehead atoms. The van der Waals surface area contributed by atoms with Crippen LogP contribution in [-0.4, -0.2) is 19.7 Å². The lowest BCUT2D eigenvalue weighted by molar-refractivity contribution is 0.376. The molecule has 0 aliphatic rings. The Hall–Kier alpha value is -0.880. The van der Waals surface area contributed by atoms with E-state index in [0.717, 1.165) is 6.26 Å². The van der Waals surface area contributed by atoms with E-state index >= 15 is 0 Å². The summed E-state index contributed by atoms with van der Waals surface area (Å²) < 4.78 is 26.9. The van der Waals surface area contributed by atoms with Crippen LogP contribution in [0.15, 0.2) is 15.8 Å². The van der Waals surface area contributed by atoms with Gasteiger partial charge in [0.25, 0.3) is 0 Å². The van der Waals surface area contributed by atoms with Gasteiger partial charge in [-0.1, -0.05) is 6.92 Å². The van der Waals surface area contributed by atoms with E-state index in [4.69, 9.17) is 10.2 Å². The molecular weight excluding hydrogens is 192 g/mol. The van der Waals surface area contributed by atoms with Crippen molar-refractivity contribution in [2.24, 2.45) is 5.73 Å². The van der Waals surface area contributed by atoms with Gasteiger partial charge in [0.05, 0.1) is 12.2 Å². The van der Waals surface area contributed by atoms with Gasteiger partial charge in [0, 0.05) is 6.26 Å². The maximum absolute atomic E-state index is 11.0. The Kier molecular flexibility index (Phi) is 2.72. The van der Waals surface area contributed by atoms with E-state index < -0.39 is 9.84 Å². The highest BCUT2D eigenvalue weighted by Gasteiger charge is 2.17. The van der Waals surface area contributed by atoms with Crippen LogP contribution in [0.1, 0.15) is 25.1 Å². The third-order valence-corrected chi connectivity index (χ3v) is 2.45. The number of oxazole rings is 1. The molecule has 0 aliphatic carbocycles. The van der Waals surface area contributed by atoms with E-state index in [2.05, 4.69) is 4.98 Å². The minimum Gasteiger partial charge on any atom is -0.431 e. The van der Waals surface area contributed by atoms with Crippen molar-refractivity contribution in [2.75, 3.05) is 6.26 Å². The first-order valence-corrected chi connectivity index (χ1v) is 5.75. The Labute approximate surface area is 76.9 Å². The van der Waals surface area contributed by atoms with E-state index in [0.29, 0.717) is 12.2 Å². The first-order valence-electron chi connectivity index (χ1n) is 3.86. The third-order valence-electron chi connectivity index (χ3n) is 1.62. The predicted octanol–water partition coefficient (Wildman–Crippen LogP) is 0.488. The molecule has 1 aromatic rings. The molecule has 0 amide bonds. The first kappa shape index (κ1) is 10.2. The molecule has 0 aliphatic heterocycles. The zero-order valence-corrected chi connectivity index (χ0v) is 8.34. The van der Waals surface area contributed by atoms with Gasteiger partial charge in [0.2, 0.25) is 9.84 Å². The van der Waals surface area contributed by atoms with Crippen molar-refractivity contribution in [1.29, 1.82) is 0 Å². The van der Waals surface area contributed by atoms with E-state index in [1.807, 2.05) is 6.92 Å². The fourth-order valence-electron chi connectivity index (χ4n) is 0.814. The van der Waals surface area contributed by atoms with Crippen molar-refractivity contribution in [3.63, 3.8) is 0 Å². The number of hydrogen-bond donors (Lipinski definition) is 1. The van der Waals surface area contributed by atoms with E-state index in [1.165, 1.54) is 6.20 Å². The summed E-state index contributed by atoms with van der Waals surface area (Å²) in [7, 11) is -3.36. The Morgan fingerprint density at radius 1 is 1.69 bits per heavy atom. The van der Waals surface area contributed by atoms with Crippen LogP contribution >= 0.6 is 0 Å². The monoisotopic (exact) mass is 204 g/mol. The van der Waals surface area contributed by atoms with Gasteiger partial charge in [-0.05, 0) is 6.42 Å². The normalized spacial score (nSPS) is 14.4. The smallest absolute Gasteiger partial charge is 0.314 e. The maximum atomic E-state index is 11.0. The zero-order chi connectivity index (χ0) is 10.1. The molecule has 0 fully saturated rings. The Balaban J connectivity index is 3.00. The highest BCUT2D eigenvalue weighted by Crippen LogP contribution is 2.17. The molecule has 1 aromatic heterocycles. The quantitative estimate of drug-likeness (QED) is 0.774. The molecule has 13 heavy (non-hydrogen) atoms. The summed E-state index contributed by atoms with van der Waals surface area (Å²) in [5.41, 5.74) is 5.62. The highest BCUT2D eigenvalue weighted by molar-refractivity contribution is 7.90. The number of rotatable bonds is 3. The fourth-order valence-corrected chi connectivity index (χ4v) is 1.31. The summed E-state index contributed by atoms with van der Waals surface area (Å²) in [6.07, 6.45) is 3.07. The van der Waals surface area contributed by atoms with Crippen molar-refractivity contribution < 1.29 is 12.8 Å². The Morgan fingerprint density at radius 3 is 2.69 bits per heavy atom.